The van der Waals surface area contributed by atoms with Crippen molar-refractivity contribution in [1.29, 1.82) is 0 Å². The minimum atomic E-state index is -0.300. The molecule has 0 aliphatic heterocycles. The van der Waals surface area contributed by atoms with Gasteiger partial charge in [-0.1, -0.05) is 12.1 Å². The van der Waals surface area contributed by atoms with Crippen LogP contribution >= 0.6 is 11.6 Å². The molecule has 3 rings (SSSR count). The van der Waals surface area contributed by atoms with E-state index in [0.29, 0.717) is 23.6 Å². The van der Waals surface area contributed by atoms with Gasteiger partial charge in [-0.15, -0.1) is 11.6 Å². The third-order valence-corrected chi connectivity index (χ3v) is 3.31. The van der Waals surface area contributed by atoms with E-state index in [1.54, 1.807) is 22.8 Å². The maximum Gasteiger partial charge on any atom is 0.165 e. The number of fused-ring (bicyclic) bond motifs is 1. The summed E-state index contributed by atoms with van der Waals surface area (Å²) in [5, 5.41) is 0. The SMILES string of the molecule is Cc1ccc2nc(CCCl)n(-c3ccccc3F)c2n1. The summed E-state index contributed by atoms with van der Waals surface area (Å²) in [7, 11) is 0. The maximum atomic E-state index is 14.1. The number of hydrogen-bond acceptors (Lipinski definition) is 2. The van der Waals surface area contributed by atoms with Gasteiger partial charge in [0.15, 0.2) is 5.65 Å². The molecule has 0 aliphatic rings. The zero-order valence-electron chi connectivity index (χ0n) is 11.0. The summed E-state index contributed by atoms with van der Waals surface area (Å²) >= 11 is 5.83. The fourth-order valence-corrected chi connectivity index (χ4v) is 2.41. The molecule has 0 atom stereocenters. The lowest BCUT2D eigenvalue weighted by Crippen LogP contribution is -2.05. The van der Waals surface area contributed by atoms with Crippen LogP contribution in [0.15, 0.2) is 36.4 Å². The lowest BCUT2D eigenvalue weighted by Gasteiger charge is -2.09. The van der Waals surface area contributed by atoms with E-state index in [-0.39, 0.29) is 5.82 Å². The van der Waals surface area contributed by atoms with Gasteiger partial charge >= 0.3 is 0 Å². The van der Waals surface area contributed by atoms with Crippen LogP contribution in [0.5, 0.6) is 0 Å². The highest BCUT2D eigenvalue weighted by Gasteiger charge is 2.15. The van der Waals surface area contributed by atoms with Crippen molar-refractivity contribution in [3.05, 3.63) is 53.7 Å². The Bertz CT molecular complexity index is 767. The normalized spacial score (nSPS) is 11.2. The molecule has 1 aromatic carbocycles. The third-order valence-electron chi connectivity index (χ3n) is 3.12. The molecule has 0 unspecified atom stereocenters. The highest BCUT2D eigenvalue weighted by Crippen LogP contribution is 2.23. The number of alkyl halides is 1. The predicted molar refractivity (Wildman–Crippen MR) is 78.0 cm³/mol. The fourth-order valence-electron chi connectivity index (χ4n) is 2.24. The van der Waals surface area contributed by atoms with Crippen LogP contribution in [0.2, 0.25) is 0 Å². The molecule has 0 aliphatic carbocycles. The van der Waals surface area contributed by atoms with E-state index in [1.807, 2.05) is 19.1 Å². The zero-order chi connectivity index (χ0) is 14.1. The zero-order valence-corrected chi connectivity index (χ0v) is 11.7. The van der Waals surface area contributed by atoms with Crippen LogP contribution in [0.4, 0.5) is 4.39 Å². The van der Waals surface area contributed by atoms with E-state index in [1.165, 1.54) is 6.07 Å². The maximum absolute atomic E-state index is 14.1. The molecule has 2 heterocycles. The van der Waals surface area contributed by atoms with Gasteiger partial charge in [-0.2, -0.15) is 0 Å². The van der Waals surface area contributed by atoms with Crippen LogP contribution in [-0.2, 0) is 6.42 Å². The number of halogens is 2. The van der Waals surface area contributed by atoms with Crippen molar-refractivity contribution < 1.29 is 4.39 Å². The van der Waals surface area contributed by atoms with Crippen molar-refractivity contribution in [2.24, 2.45) is 0 Å². The second-order valence-electron chi connectivity index (χ2n) is 4.55. The Kier molecular flexibility index (Phi) is 3.40. The number of pyridine rings is 1. The van der Waals surface area contributed by atoms with Gasteiger partial charge in [0, 0.05) is 18.0 Å². The Balaban J connectivity index is 2.34. The van der Waals surface area contributed by atoms with Gasteiger partial charge in [-0.25, -0.2) is 14.4 Å². The van der Waals surface area contributed by atoms with E-state index in [9.17, 15) is 4.39 Å². The highest BCUT2D eigenvalue weighted by molar-refractivity contribution is 6.17. The number of imidazole rings is 1. The van der Waals surface area contributed by atoms with Gasteiger partial charge in [-0.3, -0.25) is 4.57 Å². The smallest absolute Gasteiger partial charge is 0.165 e. The average molecular weight is 290 g/mol. The molecule has 0 radical (unpaired) electrons. The topological polar surface area (TPSA) is 30.7 Å². The summed E-state index contributed by atoms with van der Waals surface area (Å²) in [6, 6.07) is 10.4. The van der Waals surface area contributed by atoms with Crippen molar-refractivity contribution >= 4 is 22.8 Å². The van der Waals surface area contributed by atoms with E-state index in [4.69, 9.17) is 11.6 Å². The van der Waals surface area contributed by atoms with Gasteiger partial charge < -0.3 is 0 Å². The molecule has 0 N–H and O–H groups in total. The Morgan fingerprint density at radius 3 is 2.70 bits per heavy atom. The molecule has 0 spiro atoms. The van der Waals surface area contributed by atoms with E-state index in [0.717, 1.165) is 17.0 Å². The predicted octanol–water partition coefficient (Wildman–Crippen LogP) is 3.65. The van der Waals surface area contributed by atoms with Crippen molar-refractivity contribution in [1.82, 2.24) is 14.5 Å². The molecule has 0 saturated heterocycles. The first-order valence-electron chi connectivity index (χ1n) is 6.36. The minimum absolute atomic E-state index is 0.300. The fraction of sp³-hybridized carbons (Fsp3) is 0.200. The molecule has 0 amide bonds. The number of rotatable bonds is 3. The van der Waals surface area contributed by atoms with Crippen LogP contribution in [0.25, 0.3) is 16.9 Å². The molecular formula is C15H13ClFN3. The van der Waals surface area contributed by atoms with Crippen molar-refractivity contribution in [2.45, 2.75) is 13.3 Å². The molecule has 102 valence electrons. The summed E-state index contributed by atoms with van der Waals surface area (Å²) in [5.41, 5.74) is 2.73. The Morgan fingerprint density at radius 2 is 1.95 bits per heavy atom. The Labute approximate surface area is 121 Å². The number of hydrogen-bond donors (Lipinski definition) is 0. The second kappa shape index (κ2) is 5.21. The molecule has 3 aromatic rings. The van der Waals surface area contributed by atoms with Gasteiger partial charge in [-0.05, 0) is 31.2 Å². The molecule has 0 saturated carbocycles. The molecule has 5 heteroatoms. The van der Waals surface area contributed by atoms with Crippen LogP contribution < -0.4 is 0 Å². The number of nitrogens with zero attached hydrogens (tertiary/aromatic N) is 3. The molecule has 0 fully saturated rings. The molecular weight excluding hydrogens is 277 g/mol. The molecule has 0 bridgehead atoms. The number of aryl methyl sites for hydroxylation is 2. The van der Waals surface area contributed by atoms with Crippen molar-refractivity contribution in [2.75, 3.05) is 5.88 Å². The minimum Gasteiger partial charge on any atom is -0.278 e. The van der Waals surface area contributed by atoms with Crippen LogP contribution in [0.3, 0.4) is 0 Å². The third kappa shape index (κ3) is 2.16. The largest absolute Gasteiger partial charge is 0.278 e. The van der Waals surface area contributed by atoms with Crippen LogP contribution in [0.1, 0.15) is 11.5 Å². The first kappa shape index (κ1) is 13.1. The van der Waals surface area contributed by atoms with E-state index >= 15 is 0 Å². The number of benzene rings is 1. The quantitative estimate of drug-likeness (QED) is 0.689. The summed E-state index contributed by atoms with van der Waals surface area (Å²) < 4.78 is 15.8. The van der Waals surface area contributed by atoms with Gasteiger partial charge in [0.25, 0.3) is 0 Å². The lowest BCUT2D eigenvalue weighted by atomic mass is 10.3. The lowest BCUT2D eigenvalue weighted by molar-refractivity contribution is 0.616. The van der Waals surface area contributed by atoms with Crippen LogP contribution in [-0.4, -0.2) is 20.4 Å². The molecule has 20 heavy (non-hydrogen) atoms. The Morgan fingerprint density at radius 1 is 1.15 bits per heavy atom. The highest BCUT2D eigenvalue weighted by atomic mass is 35.5. The van der Waals surface area contributed by atoms with Gasteiger partial charge in [0.05, 0.1) is 5.69 Å². The van der Waals surface area contributed by atoms with Gasteiger partial charge in [0.2, 0.25) is 0 Å². The van der Waals surface area contributed by atoms with Gasteiger partial charge in [0.1, 0.15) is 17.2 Å². The van der Waals surface area contributed by atoms with Crippen LogP contribution in [0, 0.1) is 12.7 Å². The van der Waals surface area contributed by atoms with E-state index in [2.05, 4.69) is 9.97 Å². The summed E-state index contributed by atoms with van der Waals surface area (Å²) in [5.74, 6) is 0.848. The van der Waals surface area contributed by atoms with E-state index < -0.39 is 0 Å². The summed E-state index contributed by atoms with van der Waals surface area (Å²) in [4.78, 5) is 9.00. The summed E-state index contributed by atoms with van der Waals surface area (Å²) in [6.07, 6.45) is 0.561. The first-order chi connectivity index (χ1) is 9.70. The summed E-state index contributed by atoms with van der Waals surface area (Å²) in [6.45, 7) is 1.90. The van der Waals surface area contributed by atoms with Crippen molar-refractivity contribution in [3.63, 3.8) is 0 Å². The second-order valence-corrected chi connectivity index (χ2v) is 4.93. The monoisotopic (exact) mass is 289 g/mol. The number of aromatic nitrogens is 3. The first-order valence-corrected chi connectivity index (χ1v) is 6.90. The Hall–Kier alpha value is -1.94. The average Bonchev–Trinajstić information content (AvgIpc) is 2.77. The number of para-hydroxylation sites is 1. The molecule has 2 aromatic heterocycles. The standard InChI is InChI=1S/C15H13ClFN3/c1-10-6-7-12-15(18-10)20(14(19-12)8-9-16)13-5-3-2-4-11(13)17/h2-7H,8-9H2,1H3. The molecule has 3 nitrogen and oxygen atoms in total. The van der Waals surface area contributed by atoms with Crippen molar-refractivity contribution in [3.8, 4) is 5.69 Å².